The second kappa shape index (κ2) is 7.59. The van der Waals surface area contributed by atoms with Gasteiger partial charge in [-0.2, -0.15) is 22.5 Å². The van der Waals surface area contributed by atoms with E-state index in [1.165, 1.54) is 19.3 Å². The molecule has 0 aromatic carbocycles. The Morgan fingerprint density at radius 3 is 2.14 bits per heavy atom. The molecule has 0 unspecified atom stereocenters. The normalized spacial score (nSPS) is 16.2. The molecule has 1 aromatic heterocycles. The number of hydrogen-bond acceptors (Lipinski definition) is 3. The average molecular weight is 305 g/mol. The number of halogens is 4. The van der Waals surface area contributed by atoms with Gasteiger partial charge in [-0.15, -0.1) is 0 Å². The number of rotatable bonds is 6. The van der Waals surface area contributed by atoms with Crippen LogP contribution in [0.15, 0.2) is 0 Å². The number of hydrogen-bond donors (Lipinski definition) is 2. The first-order chi connectivity index (χ1) is 10.1. The van der Waals surface area contributed by atoms with Crippen LogP contribution in [0.1, 0.15) is 38.5 Å². The topological polar surface area (TPSA) is 37.0 Å². The summed E-state index contributed by atoms with van der Waals surface area (Å²) >= 11 is 0. The van der Waals surface area contributed by atoms with E-state index in [2.05, 4.69) is 15.6 Å². The van der Waals surface area contributed by atoms with Crippen molar-refractivity contribution in [3.8, 4) is 0 Å². The molecule has 0 saturated heterocycles. The number of nitrogens with one attached hydrogen (secondary N) is 2. The van der Waals surface area contributed by atoms with Crippen LogP contribution in [0.4, 0.5) is 23.2 Å². The molecule has 2 rings (SSSR count). The van der Waals surface area contributed by atoms with Gasteiger partial charge in [0, 0.05) is 12.6 Å². The zero-order valence-corrected chi connectivity index (χ0v) is 11.7. The third kappa shape index (κ3) is 4.30. The van der Waals surface area contributed by atoms with Crippen molar-refractivity contribution in [2.45, 2.75) is 44.6 Å². The molecule has 0 aliphatic heterocycles. The first-order valence-electron chi connectivity index (χ1n) is 7.27. The molecule has 1 saturated carbocycles. The van der Waals surface area contributed by atoms with Gasteiger partial charge in [-0.1, -0.05) is 19.3 Å². The van der Waals surface area contributed by atoms with Crippen LogP contribution in [0.3, 0.4) is 0 Å². The predicted octanol–water partition coefficient (Wildman–Crippen LogP) is 3.36. The van der Waals surface area contributed by atoms with Gasteiger partial charge >= 0.3 is 0 Å². The van der Waals surface area contributed by atoms with E-state index in [-0.39, 0.29) is 6.54 Å². The summed E-state index contributed by atoms with van der Waals surface area (Å²) in [5.41, 5.74) is -0.794. The van der Waals surface area contributed by atoms with Gasteiger partial charge in [0.2, 0.25) is 11.6 Å². The lowest BCUT2D eigenvalue weighted by Crippen LogP contribution is -2.32. The fraction of sp³-hybridized carbons (Fsp3) is 0.643. The SMILES string of the molecule is Fc1nc(F)c(F)c(NCCCNC2CCCCC2)c1F. The van der Waals surface area contributed by atoms with Crippen molar-refractivity contribution in [3.63, 3.8) is 0 Å². The van der Waals surface area contributed by atoms with E-state index in [1.807, 2.05) is 0 Å². The quantitative estimate of drug-likeness (QED) is 0.481. The summed E-state index contributed by atoms with van der Waals surface area (Å²) in [5, 5.41) is 5.76. The second-order valence-corrected chi connectivity index (χ2v) is 5.27. The van der Waals surface area contributed by atoms with Crippen LogP contribution < -0.4 is 10.6 Å². The largest absolute Gasteiger partial charge is 0.380 e. The lowest BCUT2D eigenvalue weighted by Gasteiger charge is -2.22. The molecular formula is C14H19F4N3. The minimum Gasteiger partial charge on any atom is -0.380 e. The third-order valence-corrected chi connectivity index (χ3v) is 3.69. The maximum atomic E-state index is 13.3. The summed E-state index contributed by atoms with van der Waals surface area (Å²) in [7, 11) is 0. The summed E-state index contributed by atoms with van der Waals surface area (Å²) < 4.78 is 52.4. The van der Waals surface area contributed by atoms with Crippen LogP contribution in [0, 0.1) is 23.5 Å². The molecule has 0 amide bonds. The molecule has 1 aliphatic rings. The first-order valence-corrected chi connectivity index (χ1v) is 7.27. The van der Waals surface area contributed by atoms with E-state index in [0.717, 1.165) is 12.8 Å². The van der Waals surface area contributed by atoms with Gasteiger partial charge < -0.3 is 10.6 Å². The molecule has 0 bridgehead atoms. The maximum Gasteiger partial charge on any atom is 0.253 e. The van der Waals surface area contributed by atoms with Gasteiger partial charge in [-0.05, 0) is 25.8 Å². The van der Waals surface area contributed by atoms with Gasteiger partial charge in [0.25, 0.3) is 11.9 Å². The highest BCUT2D eigenvalue weighted by molar-refractivity contribution is 5.45. The van der Waals surface area contributed by atoms with Gasteiger partial charge in [-0.25, -0.2) is 0 Å². The monoisotopic (exact) mass is 305 g/mol. The van der Waals surface area contributed by atoms with Crippen molar-refractivity contribution in [2.75, 3.05) is 18.4 Å². The Morgan fingerprint density at radius 1 is 0.905 bits per heavy atom. The number of pyridine rings is 1. The van der Waals surface area contributed by atoms with Crippen molar-refractivity contribution in [2.24, 2.45) is 0 Å². The van der Waals surface area contributed by atoms with Crippen molar-refractivity contribution in [3.05, 3.63) is 23.5 Å². The molecule has 3 nitrogen and oxygen atoms in total. The van der Waals surface area contributed by atoms with Crippen LogP contribution in [0.25, 0.3) is 0 Å². The Kier molecular flexibility index (Phi) is 5.78. The summed E-state index contributed by atoms with van der Waals surface area (Å²) in [5.74, 6) is -6.27. The zero-order valence-electron chi connectivity index (χ0n) is 11.7. The van der Waals surface area contributed by atoms with Gasteiger partial charge in [-0.3, -0.25) is 0 Å². The number of anilines is 1. The van der Waals surface area contributed by atoms with Gasteiger partial charge in [0.1, 0.15) is 5.69 Å². The minimum absolute atomic E-state index is 0.219. The molecule has 1 aliphatic carbocycles. The summed E-state index contributed by atoms with van der Waals surface area (Å²) in [6.45, 7) is 0.910. The fourth-order valence-electron chi connectivity index (χ4n) is 2.56. The number of aromatic nitrogens is 1. The van der Waals surface area contributed by atoms with Crippen molar-refractivity contribution in [1.29, 1.82) is 0 Å². The summed E-state index contributed by atoms with van der Waals surface area (Å²) in [6, 6.07) is 0.503. The smallest absolute Gasteiger partial charge is 0.253 e. The average Bonchev–Trinajstić information content (AvgIpc) is 2.49. The molecule has 0 atom stereocenters. The lowest BCUT2D eigenvalue weighted by molar-refractivity contribution is 0.373. The highest BCUT2D eigenvalue weighted by Crippen LogP contribution is 2.22. The molecule has 0 radical (unpaired) electrons. The van der Waals surface area contributed by atoms with Crippen LogP contribution in [0.2, 0.25) is 0 Å². The lowest BCUT2D eigenvalue weighted by atomic mass is 9.95. The zero-order chi connectivity index (χ0) is 15.2. The van der Waals surface area contributed by atoms with Crippen molar-refractivity contribution in [1.82, 2.24) is 10.3 Å². The molecule has 1 aromatic rings. The molecule has 1 fully saturated rings. The van der Waals surface area contributed by atoms with Crippen LogP contribution in [-0.2, 0) is 0 Å². The van der Waals surface area contributed by atoms with E-state index in [4.69, 9.17) is 0 Å². The molecule has 7 heteroatoms. The Balaban J connectivity index is 1.76. The number of nitrogens with zero attached hydrogens (tertiary/aromatic N) is 1. The van der Waals surface area contributed by atoms with E-state index < -0.39 is 29.2 Å². The Hall–Kier alpha value is -1.37. The summed E-state index contributed by atoms with van der Waals surface area (Å²) in [4.78, 5) is 2.50. The molecule has 0 spiro atoms. The minimum atomic E-state index is -1.64. The standard InChI is InChI=1S/C14H19F4N3/c15-10-12(11(16)14(18)21-13(10)17)20-8-4-7-19-9-5-2-1-3-6-9/h9,19H,1-8H2,(H,20,21). The molecule has 1 heterocycles. The Labute approximate surface area is 121 Å². The van der Waals surface area contributed by atoms with Crippen LogP contribution in [-0.4, -0.2) is 24.1 Å². The summed E-state index contributed by atoms with van der Waals surface area (Å²) in [6.07, 6.45) is 6.62. The molecule has 2 N–H and O–H groups in total. The van der Waals surface area contributed by atoms with E-state index in [0.29, 0.717) is 19.0 Å². The molecule has 21 heavy (non-hydrogen) atoms. The fourth-order valence-corrected chi connectivity index (χ4v) is 2.56. The van der Waals surface area contributed by atoms with E-state index in [1.54, 1.807) is 0 Å². The van der Waals surface area contributed by atoms with Crippen LogP contribution in [0.5, 0.6) is 0 Å². The third-order valence-electron chi connectivity index (χ3n) is 3.69. The van der Waals surface area contributed by atoms with E-state index >= 15 is 0 Å². The Bertz CT molecular complexity index is 450. The highest BCUT2D eigenvalue weighted by atomic mass is 19.2. The second-order valence-electron chi connectivity index (χ2n) is 5.27. The van der Waals surface area contributed by atoms with Crippen LogP contribution >= 0.6 is 0 Å². The van der Waals surface area contributed by atoms with Gasteiger partial charge in [0.05, 0.1) is 0 Å². The predicted molar refractivity (Wildman–Crippen MR) is 72.1 cm³/mol. The van der Waals surface area contributed by atoms with Gasteiger partial charge in [0.15, 0.2) is 0 Å². The molecular weight excluding hydrogens is 286 g/mol. The maximum absolute atomic E-state index is 13.3. The molecule has 118 valence electrons. The first kappa shape index (κ1) is 16.0. The van der Waals surface area contributed by atoms with Crippen molar-refractivity contribution < 1.29 is 17.6 Å². The van der Waals surface area contributed by atoms with E-state index in [9.17, 15) is 17.6 Å². The highest BCUT2D eigenvalue weighted by Gasteiger charge is 2.20. The van der Waals surface area contributed by atoms with Crippen molar-refractivity contribution >= 4 is 5.69 Å². The Morgan fingerprint density at radius 2 is 1.52 bits per heavy atom.